The smallest absolute Gasteiger partial charge is 0.263 e. The molecule has 0 atom stereocenters. The van der Waals surface area contributed by atoms with Gasteiger partial charge >= 0.3 is 17.8 Å². The Morgan fingerprint density at radius 2 is 1.52 bits per heavy atom. The standard InChI is InChI=1S/C16H20N2O3/c1-2-3-4-8-11-17-14(19)15(20)18(16(17)21)12-13-9-6-5-7-10-13/h5-7,9-10H,2-4,8,11-12H2,1H3. The molecule has 0 saturated carbocycles. The van der Waals surface area contributed by atoms with Gasteiger partial charge in [0.2, 0.25) is 0 Å². The monoisotopic (exact) mass is 288 g/mol. The van der Waals surface area contributed by atoms with E-state index < -0.39 is 17.8 Å². The maximum Gasteiger partial charge on any atom is 0.334 e. The summed E-state index contributed by atoms with van der Waals surface area (Å²) in [6, 6.07) is 8.70. The van der Waals surface area contributed by atoms with Gasteiger partial charge in [-0.3, -0.25) is 19.4 Å². The summed E-state index contributed by atoms with van der Waals surface area (Å²) in [5.41, 5.74) is 0.833. The highest BCUT2D eigenvalue weighted by atomic mass is 16.2. The Morgan fingerprint density at radius 3 is 2.19 bits per heavy atom. The van der Waals surface area contributed by atoms with E-state index in [1.54, 1.807) is 0 Å². The van der Waals surface area contributed by atoms with Gasteiger partial charge in [0.1, 0.15) is 0 Å². The maximum absolute atomic E-state index is 12.2. The van der Waals surface area contributed by atoms with E-state index in [4.69, 9.17) is 0 Å². The average molecular weight is 288 g/mol. The quantitative estimate of drug-likeness (QED) is 0.440. The number of nitrogens with zero attached hydrogens (tertiary/aromatic N) is 2. The molecule has 0 unspecified atom stereocenters. The molecule has 0 radical (unpaired) electrons. The number of carbonyl (C=O) groups excluding carboxylic acids is 3. The van der Waals surface area contributed by atoms with Crippen LogP contribution >= 0.6 is 0 Å². The van der Waals surface area contributed by atoms with Crippen molar-refractivity contribution in [2.24, 2.45) is 0 Å². The zero-order valence-corrected chi connectivity index (χ0v) is 12.2. The van der Waals surface area contributed by atoms with Crippen molar-refractivity contribution in [1.82, 2.24) is 9.80 Å². The Morgan fingerprint density at radius 1 is 0.857 bits per heavy atom. The first kappa shape index (κ1) is 15.2. The zero-order valence-electron chi connectivity index (χ0n) is 12.2. The Labute approximate surface area is 124 Å². The fourth-order valence-corrected chi connectivity index (χ4v) is 2.35. The highest BCUT2D eigenvalue weighted by molar-refractivity contribution is 6.44. The predicted octanol–water partition coefficient (Wildman–Crippen LogP) is 2.56. The van der Waals surface area contributed by atoms with Crippen molar-refractivity contribution in [3.8, 4) is 0 Å². The fourth-order valence-electron chi connectivity index (χ4n) is 2.35. The molecule has 1 fully saturated rings. The lowest BCUT2D eigenvalue weighted by Gasteiger charge is -2.15. The van der Waals surface area contributed by atoms with Gasteiger partial charge in [-0.05, 0) is 12.0 Å². The van der Waals surface area contributed by atoms with Crippen molar-refractivity contribution in [2.45, 2.75) is 39.2 Å². The molecule has 0 aromatic heterocycles. The number of imide groups is 2. The van der Waals surface area contributed by atoms with Crippen LogP contribution in [0.3, 0.4) is 0 Å². The van der Waals surface area contributed by atoms with Crippen molar-refractivity contribution < 1.29 is 14.4 Å². The summed E-state index contributed by atoms with van der Waals surface area (Å²) < 4.78 is 0. The van der Waals surface area contributed by atoms with Crippen LogP contribution in [0, 0.1) is 0 Å². The van der Waals surface area contributed by atoms with E-state index in [1.165, 1.54) is 0 Å². The van der Waals surface area contributed by atoms with Gasteiger partial charge in [0.05, 0.1) is 6.54 Å². The van der Waals surface area contributed by atoms with Crippen LogP contribution in [-0.4, -0.2) is 34.2 Å². The number of hydrogen-bond acceptors (Lipinski definition) is 3. The summed E-state index contributed by atoms with van der Waals surface area (Å²) in [6.45, 7) is 2.57. The van der Waals surface area contributed by atoms with Crippen LogP contribution in [-0.2, 0) is 16.1 Å². The summed E-state index contributed by atoms with van der Waals surface area (Å²) in [7, 11) is 0. The van der Waals surface area contributed by atoms with Crippen molar-refractivity contribution in [1.29, 1.82) is 0 Å². The summed E-state index contributed by atoms with van der Waals surface area (Å²) in [5.74, 6) is -1.42. The number of benzene rings is 1. The molecule has 0 bridgehead atoms. The maximum atomic E-state index is 12.2. The van der Waals surface area contributed by atoms with Gasteiger partial charge in [0.25, 0.3) is 0 Å². The van der Waals surface area contributed by atoms with Crippen LogP contribution in [0.25, 0.3) is 0 Å². The van der Waals surface area contributed by atoms with E-state index >= 15 is 0 Å². The normalized spacial score (nSPS) is 15.2. The third-order valence-corrected chi connectivity index (χ3v) is 3.55. The van der Waals surface area contributed by atoms with Gasteiger partial charge in [-0.2, -0.15) is 0 Å². The summed E-state index contributed by atoms with van der Waals surface area (Å²) in [5, 5.41) is 0. The van der Waals surface area contributed by atoms with E-state index in [0.717, 1.165) is 41.0 Å². The second-order valence-corrected chi connectivity index (χ2v) is 5.18. The Bertz CT molecular complexity index is 528. The molecule has 0 aliphatic carbocycles. The summed E-state index contributed by atoms with van der Waals surface area (Å²) in [6.07, 6.45) is 3.86. The van der Waals surface area contributed by atoms with E-state index in [0.29, 0.717) is 6.54 Å². The highest BCUT2D eigenvalue weighted by Crippen LogP contribution is 2.16. The minimum absolute atomic E-state index is 0.149. The van der Waals surface area contributed by atoms with Crippen LogP contribution in [0.1, 0.15) is 38.2 Å². The van der Waals surface area contributed by atoms with Gasteiger partial charge in [0.15, 0.2) is 0 Å². The molecule has 21 heavy (non-hydrogen) atoms. The Kier molecular flexibility index (Phi) is 5.09. The lowest BCUT2D eigenvalue weighted by atomic mass is 10.2. The van der Waals surface area contributed by atoms with Crippen LogP contribution in [0.15, 0.2) is 30.3 Å². The molecular weight excluding hydrogens is 268 g/mol. The zero-order chi connectivity index (χ0) is 15.2. The number of unbranched alkanes of at least 4 members (excludes halogenated alkanes) is 3. The molecule has 4 amide bonds. The molecule has 1 aliphatic heterocycles. The van der Waals surface area contributed by atoms with Crippen molar-refractivity contribution in [3.05, 3.63) is 35.9 Å². The molecule has 1 aliphatic rings. The number of amides is 4. The van der Waals surface area contributed by atoms with E-state index in [2.05, 4.69) is 6.92 Å². The average Bonchev–Trinajstić information content (AvgIpc) is 2.70. The van der Waals surface area contributed by atoms with Gasteiger partial charge in [-0.1, -0.05) is 56.5 Å². The first-order chi connectivity index (χ1) is 10.1. The lowest BCUT2D eigenvalue weighted by Crippen LogP contribution is -2.33. The molecule has 0 N–H and O–H groups in total. The van der Waals surface area contributed by atoms with Crippen LogP contribution in [0.4, 0.5) is 4.79 Å². The van der Waals surface area contributed by atoms with Crippen LogP contribution in [0.2, 0.25) is 0 Å². The summed E-state index contributed by atoms with van der Waals surface area (Å²) >= 11 is 0. The Balaban J connectivity index is 1.99. The van der Waals surface area contributed by atoms with Gasteiger partial charge < -0.3 is 0 Å². The van der Waals surface area contributed by atoms with Crippen LogP contribution < -0.4 is 0 Å². The molecule has 1 aromatic rings. The van der Waals surface area contributed by atoms with Crippen molar-refractivity contribution in [2.75, 3.05) is 6.54 Å². The first-order valence-electron chi connectivity index (χ1n) is 7.36. The molecule has 1 heterocycles. The topological polar surface area (TPSA) is 57.7 Å². The molecule has 5 heteroatoms. The third-order valence-electron chi connectivity index (χ3n) is 3.55. The van der Waals surface area contributed by atoms with E-state index in [1.807, 2.05) is 30.3 Å². The molecule has 2 rings (SSSR count). The fraction of sp³-hybridized carbons (Fsp3) is 0.438. The molecule has 0 spiro atoms. The Hall–Kier alpha value is -2.17. The van der Waals surface area contributed by atoms with Crippen molar-refractivity contribution in [3.63, 3.8) is 0 Å². The highest BCUT2D eigenvalue weighted by Gasteiger charge is 2.43. The summed E-state index contributed by atoms with van der Waals surface area (Å²) in [4.78, 5) is 38.1. The largest absolute Gasteiger partial charge is 0.334 e. The second kappa shape index (κ2) is 7.02. The number of carbonyl (C=O) groups is 3. The van der Waals surface area contributed by atoms with E-state index in [9.17, 15) is 14.4 Å². The SMILES string of the molecule is CCCCCCN1C(=O)C(=O)N(Cc2ccccc2)C1=O. The molecule has 112 valence electrons. The number of rotatable bonds is 7. The van der Waals surface area contributed by atoms with Crippen molar-refractivity contribution >= 4 is 17.8 Å². The molecule has 1 aromatic carbocycles. The molecule has 5 nitrogen and oxygen atoms in total. The number of hydrogen-bond donors (Lipinski definition) is 0. The third kappa shape index (κ3) is 3.48. The number of urea groups is 1. The minimum Gasteiger partial charge on any atom is -0.263 e. The first-order valence-corrected chi connectivity index (χ1v) is 7.36. The van der Waals surface area contributed by atoms with Gasteiger partial charge in [-0.25, -0.2) is 4.79 Å². The second-order valence-electron chi connectivity index (χ2n) is 5.18. The van der Waals surface area contributed by atoms with Gasteiger partial charge in [0, 0.05) is 6.54 Å². The molecule has 1 saturated heterocycles. The predicted molar refractivity (Wildman–Crippen MR) is 78.2 cm³/mol. The minimum atomic E-state index is -0.723. The van der Waals surface area contributed by atoms with Gasteiger partial charge in [-0.15, -0.1) is 0 Å². The van der Waals surface area contributed by atoms with E-state index in [-0.39, 0.29) is 6.54 Å². The molecular formula is C16H20N2O3. The lowest BCUT2D eigenvalue weighted by molar-refractivity contribution is -0.143. The van der Waals surface area contributed by atoms with Crippen LogP contribution in [0.5, 0.6) is 0 Å².